The second kappa shape index (κ2) is 5.84. The molecule has 0 saturated carbocycles. The largest absolute Gasteiger partial charge is 0.508 e. The van der Waals surface area contributed by atoms with Crippen LogP contribution in [0.15, 0.2) is 18.2 Å². The van der Waals surface area contributed by atoms with Crippen LogP contribution < -0.4 is 5.32 Å². The molecule has 0 aliphatic heterocycles. The molecule has 0 aromatic heterocycles. The Hall–Kier alpha value is -1.10. The summed E-state index contributed by atoms with van der Waals surface area (Å²) in [6.45, 7) is 3.84. The average molecular weight is 225 g/mol. The molecule has 0 aliphatic rings. The van der Waals surface area contributed by atoms with Crippen LogP contribution in [-0.4, -0.2) is 34.6 Å². The van der Waals surface area contributed by atoms with Gasteiger partial charge in [0.05, 0.1) is 12.7 Å². The molecule has 0 bridgehead atoms. The zero-order chi connectivity index (χ0) is 12.1. The van der Waals surface area contributed by atoms with Gasteiger partial charge in [0.15, 0.2) is 0 Å². The number of nitrogens with one attached hydrogen (secondary N) is 1. The third kappa shape index (κ3) is 3.48. The number of aliphatic hydroxyl groups excluding tert-OH is 2. The summed E-state index contributed by atoms with van der Waals surface area (Å²) in [7, 11) is 0. The molecule has 0 heterocycles. The lowest BCUT2D eigenvalue weighted by Crippen LogP contribution is -2.31. The Labute approximate surface area is 95.6 Å². The zero-order valence-corrected chi connectivity index (χ0v) is 9.64. The first-order chi connectivity index (χ1) is 7.54. The Balaban J connectivity index is 2.62. The molecule has 16 heavy (non-hydrogen) atoms. The van der Waals surface area contributed by atoms with Crippen molar-refractivity contribution < 1.29 is 15.3 Å². The Morgan fingerprint density at radius 1 is 1.38 bits per heavy atom. The third-order valence-corrected chi connectivity index (χ3v) is 2.52. The molecular formula is C12H19NO3. The Bertz CT molecular complexity index is 341. The molecule has 0 amide bonds. The summed E-state index contributed by atoms with van der Waals surface area (Å²) in [6.07, 6.45) is -0.768. The number of aryl methyl sites for hydroxylation is 1. The van der Waals surface area contributed by atoms with Crippen molar-refractivity contribution in [1.82, 2.24) is 5.32 Å². The predicted octanol–water partition coefficient (Wildman–Crippen LogP) is 0.704. The lowest BCUT2D eigenvalue weighted by atomic mass is 10.0. The van der Waals surface area contributed by atoms with E-state index in [2.05, 4.69) is 5.32 Å². The second-order valence-electron chi connectivity index (χ2n) is 4.03. The molecule has 90 valence electrons. The number of phenols is 1. The third-order valence-electron chi connectivity index (χ3n) is 2.52. The van der Waals surface area contributed by atoms with E-state index in [1.165, 1.54) is 0 Å². The van der Waals surface area contributed by atoms with Gasteiger partial charge in [0.1, 0.15) is 5.75 Å². The second-order valence-corrected chi connectivity index (χ2v) is 4.03. The van der Waals surface area contributed by atoms with E-state index < -0.39 is 6.10 Å². The first-order valence-corrected chi connectivity index (χ1v) is 5.36. The first kappa shape index (κ1) is 13.0. The van der Waals surface area contributed by atoms with Gasteiger partial charge < -0.3 is 20.6 Å². The minimum absolute atomic E-state index is 0.0678. The monoisotopic (exact) mass is 225 g/mol. The van der Waals surface area contributed by atoms with Gasteiger partial charge in [0.2, 0.25) is 0 Å². The molecule has 4 N–H and O–H groups in total. The first-order valence-electron chi connectivity index (χ1n) is 5.36. The summed E-state index contributed by atoms with van der Waals surface area (Å²) in [5, 5.41) is 30.6. The lowest BCUT2D eigenvalue weighted by Gasteiger charge is -2.17. The summed E-state index contributed by atoms with van der Waals surface area (Å²) in [6, 6.07) is 5.42. The van der Waals surface area contributed by atoms with Gasteiger partial charge in [-0.2, -0.15) is 0 Å². The normalized spacial score (nSPS) is 14.8. The van der Waals surface area contributed by atoms with Crippen molar-refractivity contribution >= 4 is 0 Å². The van der Waals surface area contributed by atoms with Gasteiger partial charge in [-0.25, -0.2) is 0 Å². The van der Waals surface area contributed by atoms with E-state index in [1.54, 1.807) is 6.07 Å². The Morgan fingerprint density at radius 3 is 2.62 bits per heavy atom. The highest BCUT2D eigenvalue weighted by Gasteiger charge is 2.11. The van der Waals surface area contributed by atoms with Gasteiger partial charge in [0.25, 0.3) is 0 Å². The van der Waals surface area contributed by atoms with Crippen molar-refractivity contribution in [2.45, 2.75) is 26.0 Å². The van der Waals surface area contributed by atoms with Crippen LogP contribution in [0, 0.1) is 6.92 Å². The summed E-state index contributed by atoms with van der Waals surface area (Å²) in [4.78, 5) is 0. The summed E-state index contributed by atoms with van der Waals surface area (Å²) in [5.41, 5.74) is 1.79. The molecule has 0 radical (unpaired) electrons. The minimum Gasteiger partial charge on any atom is -0.508 e. The van der Waals surface area contributed by atoms with Gasteiger partial charge in [-0.3, -0.25) is 0 Å². The molecule has 1 aromatic carbocycles. The molecule has 2 atom stereocenters. The van der Waals surface area contributed by atoms with Crippen LogP contribution in [0.2, 0.25) is 0 Å². The summed E-state index contributed by atoms with van der Waals surface area (Å²) >= 11 is 0. The van der Waals surface area contributed by atoms with Gasteiger partial charge >= 0.3 is 0 Å². The summed E-state index contributed by atoms with van der Waals surface area (Å²) < 4.78 is 0. The van der Waals surface area contributed by atoms with Gasteiger partial charge in [-0.1, -0.05) is 12.1 Å². The highest BCUT2D eigenvalue weighted by molar-refractivity contribution is 5.37. The fourth-order valence-electron chi connectivity index (χ4n) is 1.51. The smallest absolute Gasteiger partial charge is 0.120 e. The van der Waals surface area contributed by atoms with Crippen LogP contribution in [0.3, 0.4) is 0 Å². The van der Waals surface area contributed by atoms with Gasteiger partial charge in [-0.05, 0) is 25.5 Å². The van der Waals surface area contributed by atoms with E-state index >= 15 is 0 Å². The van der Waals surface area contributed by atoms with Crippen molar-refractivity contribution in [2.75, 3.05) is 13.2 Å². The minimum atomic E-state index is -0.768. The average Bonchev–Trinajstić information content (AvgIpc) is 2.25. The topological polar surface area (TPSA) is 72.7 Å². The lowest BCUT2D eigenvalue weighted by molar-refractivity contribution is 0.0923. The molecule has 0 saturated heterocycles. The molecule has 0 fully saturated rings. The fraction of sp³-hybridized carbons (Fsp3) is 0.500. The van der Waals surface area contributed by atoms with E-state index in [0.717, 1.165) is 11.1 Å². The molecule has 0 spiro atoms. The molecule has 2 unspecified atom stereocenters. The van der Waals surface area contributed by atoms with Crippen molar-refractivity contribution in [1.29, 1.82) is 0 Å². The number of benzene rings is 1. The van der Waals surface area contributed by atoms with Gasteiger partial charge in [0, 0.05) is 18.2 Å². The van der Waals surface area contributed by atoms with Crippen LogP contribution in [0.4, 0.5) is 0 Å². The number of phenolic OH excluding ortho intramolecular Hbond substituents is 1. The number of aliphatic hydroxyl groups is 2. The zero-order valence-electron chi connectivity index (χ0n) is 9.64. The van der Waals surface area contributed by atoms with Crippen LogP contribution in [0.1, 0.15) is 24.1 Å². The summed E-state index contributed by atoms with van der Waals surface area (Å²) in [5.74, 6) is 0.249. The van der Waals surface area contributed by atoms with Gasteiger partial charge in [-0.15, -0.1) is 0 Å². The molecule has 0 aliphatic carbocycles. The van der Waals surface area contributed by atoms with Crippen LogP contribution in [0.5, 0.6) is 5.75 Å². The number of hydrogen-bond donors (Lipinski definition) is 4. The standard InChI is InChI=1S/C12H19NO3/c1-8-3-4-11(12(16)5-8)9(2)13-6-10(15)7-14/h3-5,9-10,13-16H,6-7H2,1-2H3. The maximum atomic E-state index is 9.73. The molecule has 1 aromatic rings. The highest BCUT2D eigenvalue weighted by Crippen LogP contribution is 2.24. The maximum Gasteiger partial charge on any atom is 0.120 e. The quantitative estimate of drug-likeness (QED) is 0.595. The molecule has 1 rings (SSSR count). The predicted molar refractivity (Wildman–Crippen MR) is 62.4 cm³/mol. The maximum absolute atomic E-state index is 9.73. The van der Waals surface area contributed by atoms with Crippen LogP contribution in [0.25, 0.3) is 0 Å². The molecule has 4 nitrogen and oxygen atoms in total. The molecule has 4 heteroatoms. The van der Waals surface area contributed by atoms with E-state index in [0.29, 0.717) is 6.54 Å². The van der Waals surface area contributed by atoms with E-state index in [1.807, 2.05) is 26.0 Å². The fourth-order valence-corrected chi connectivity index (χ4v) is 1.51. The van der Waals surface area contributed by atoms with Crippen molar-refractivity contribution in [3.05, 3.63) is 29.3 Å². The van der Waals surface area contributed by atoms with E-state index in [9.17, 15) is 10.2 Å². The van der Waals surface area contributed by atoms with Crippen LogP contribution in [-0.2, 0) is 0 Å². The van der Waals surface area contributed by atoms with Crippen molar-refractivity contribution in [3.63, 3.8) is 0 Å². The van der Waals surface area contributed by atoms with Crippen molar-refractivity contribution in [3.8, 4) is 5.75 Å². The van der Waals surface area contributed by atoms with Crippen LogP contribution >= 0.6 is 0 Å². The highest BCUT2D eigenvalue weighted by atomic mass is 16.3. The van der Waals surface area contributed by atoms with E-state index in [4.69, 9.17) is 5.11 Å². The number of hydrogen-bond acceptors (Lipinski definition) is 4. The SMILES string of the molecule is Cc1ccc(C(C)NCC(O)CO)c(O)c1. The Morgan fingerprint density at radius 2 is 2.06 bits per heavy atom. The molecular weight excluding hydrogens is 206 g/mol. The van der Waals surface area contributed by atoms with Crippen molar-refractivity contribution in [2.24, 2.45) is 0 Å². The number of aromatic hydroxyl groups is 1. The number of rotatable bonds is 5. The Kier molecular flexibility index (Phi) is 4.73. The van der Waals surface area contributed by atoms with E-state index in [-0.39, 0.29) is 18.4 Å².